The molecule has 0 saturated heterocycles. The van der Waals surface area contributed by atoms with Crippen LogP contribution >= 0.6 is 0 Å². The summed E-state index contributed by atoms with van der Waals surface area (Å²) in [7, 11) is 0. The Bertz CT molecular complexity index is 895. The summed E-state index contributed by atoms with van der Waals surface area (Å²) in [5.74, 6) is -0.273. The first-order chi connectivity index (χ1) is 12.7. The summed E-state index contributed by atoms with van der Waals surface area (Å²) in [6.07, 6.45) is 0.713. The molecule has 3 N–H and O–H groups in total. The van der Waals surface area contributed by atoms with Gasteiger partial charge in [0.25, 0.3) is 0 Å². The van der Waals surface area contributed by atoms with Gasteiger partial charge in [0.05, 0.1) is 6.54 Å². The maximum absolute atomic E-state index is 14.3. The number of rotatable bonds is 3. The zero-order chi connectivity index (χ0) is 19.6. The van der Waals surface area contributed by atoms with Gasteiger partial charge in [0.1, 0.15) is 11.4 Å². The molecule has 2 aromatic rings. The summed E-state index contributed by atoms with van der Waals surface area (Å²) in [6.45, 7) is 5.44. The molecule has 1 aliphatic rings. The highest BCUT2D eigenvalue weighted by molar-refractivity contribution is 6.00. The lowest BCUT2D eigenvalue weighted by molar-refractivity contribution is -0.114. The molecule has 3 rings (SSSR count). The Kier molecular flexibility index (Phi) is 4.85. The van der Waals surface area contributed by atoms with E-state index in [1.165, 1.54) is 18.3 Å². The van der Waals surface area contributed by atoms with Crippen molar-refractivity contribution in [2.45, 2.75) is 26.3 Å². The van der Waals surface area contributed by atoms with E-state index in [2.05, 4.69) is 20.9 Å². The number of nitrogens with one attached hydrogen (secondary N) is 3. The lowest BCUT2D eigenvalue weighted by Gasteiger charge is -2.21. The standard InChI is InChI=1S/C18H19FN4O4/c1-18(2,3)23-17(25)27-12-5-4-10(8-11(12)19)26-13-6-7-20-16-15(13)21-9-14(24)22-16/h4-8,21H,9H2,1-3H3,(H,23,25)(H,20,22,24). The minimum Gasteiger partial charge on any atom is -0.455 e. The number of aromatic nitrogens is 1. The molecule has 0 atom stereocenters. The van der Waals surface area contributed by atoms with E-state index in [0.29, 0.717) is 17.3 Å². The average molecular weight is 374 g/mol. The third-order valence-corrected chi connectivity index (χ3v) is 3.41. The van der Waals surface area contributed by atoms with E-state index in [1.54, 1.807) is 26.8 Å². The highest BCUT2D eigenvalue weighted by atomic mass is 19.1. The maximum atomic E-state index is 14.3. The molecule has 27 heavy (non-hydrogen) atoms. The number of pyridine rings is 1. The van der Waals surface area contributed by atoms with Crippen molar-refractivity contribution in [3.63, 3.8) is 0 Å². The minimum absolute atomic E-state index is 0.0824. The van der Waals surface area contributed by atoms with Gasteiger partial charge in [-0.25, -0.2) is 14.2 Å². The number of fused-ring (bicyclic) bond motifs is 1. The number of halogens is 1. The third kappa shape index (κ3) is 4.63. The zero-order valence-electron chi connectivity index (χ0n) is 15.1. The first-order valence-electron chi connectivity index (χ1n) is 8.21. The van der Waals surface area contributed by atoms with Crippen molar-refractivity contribution >= 4 is 23.5 Å². The summed E-state index contributed by atoms with van der Waals surface area (Å²) >= 11 is 0. The summed E-state index contributed by atoms with van der Waals surface area (Å²) in [5, 5.41) is 8.10. The number of nitrogens with zero attached hydrogens (tertiary/aromatic N) is 1. The molecular formula is C18H19FN4O4. The number of carbonyl (C=O) groups excluding carboxylic acids is 2. The van der Waals surface area contributed by atoms with Gasteiger partial charge in [0, 0.05) is 23.9 Å². The molecule has 0 saturated carbocycles. The number of amides is 2. The molecule has 142 valence electrons. The number of hydrogen-bond acceptors (Lipinski definition) is 6. The van der Waals surface area contributed by atoms with E-state index in [0.717, 1.165) is 6.07 Å². The van der Waals surface area contributed by atoms with E-state index in [4.69, 9.17) is 9.47 Å². The predicted molar refractivity (Wildman–Crippen MR) is 96.7 cm³/mol. The van der Waals surface area contributed by atoms with Crippen molar-refractivity contribution in [1.29, 1.82) is 0 Å². The Labute approximate surface area is 155 Å². The van der Waals surface area contributed by atoms with Crippen molar-refractivity contribution in [3.05, 3.63) is 36.3 Å². The third-order valence-electron chi connectivity index (χ3n) is 3.41. The van der Waals surface area contributed by atoms with Crippen molar-refractivity contribution in [2.75, 3.05) is 17.2 Å². The number of benzene rings is 1. The van der Waals surface area contributed by atoms with Crippen LogP contribution in [-0.4, -0.2) is 29.1 Å². The van der Waals surface area contributed by atoms with E-state index in [9.17, 15) is 14.0 Å². The summed E-state index contributed by atoms with van der Waals surface area (Å²) in [6, 6.07) is 5.46. The molecule has 8 nitrogen and oxygen atoms in total. The predicted octanol–water partition coefficient (Wildman–Crippen LogP) is 3.26. The second-order valence-electron chi connectivity index (χ2n) is 6.89. The van der Waals surface area contributed by atoms with Crippen molar-refractivity contribution in [3.8, 4) is 17.2 Å². The van der Waals surface area contributed by atoms with E-state index < -0.39 is 17.4 Å². The molecule has 0 unspecified atom stereocenters. The molecule has 0 spiro atoms. The van der Waals surface area contributed by atoms with Crippen LogP contribution < -0.4 is 25.4 Å². The Balaban J connectivity index is 1.74. The molecule has 1 aromatic heterocycles. The Morgan fingerprint density at radius 1 is 1.26 bits per heavy atom. The van der Waals surface area contributed by atoms with Crippen LogP contribution in [0.2, 0.25) is 0 Å². The van der Waals surface area contributed by atoms with Gasteiger partial charge in [-0.2, -0.15) is 0 Å². The van der Waals surface area contributed by atoms with Gasteiger partial charge in [-0.1, -0.05) is 0 Å². The molecule has 0 aliphatic carbocycles. The molecule has 1 aromatic carbocycles. The van der Waals surface area contributed by atoms with Crippen LogP contribution in [0.4, 0.5) is 20.7 Å². The Hall–Kier alpha value is -3.36. The first kappa shape index (κ1) is 18.4. The molecule has 2 amide bonds. The summed E-state index contributed by atoms with van der Waals surface area (Å²) in [5.41, 5.74) is 0.00168. The second-order valence-corrected chi connectivity index (χ2v) is 6.89. The zero-order valence-corrected chi connectivity index (χ0v) is 15.1. The van der Waals surface area contributed by atoms with Gasteiger partial charge in [0.2, 0.25) is 5.91 Å². The second kappa shape index (κ2) is 7.10. The normalized spacial score (nSPS) is 13.1. The lowest BCUT2D eigenvalue weighted by Crippen LogP contribution is -2.42. The van der Waals surface area contributed by atoms with Crippen molar-refractivity contribution in [2.24, 2.45) is 0 Å². The molecule has 0 fully saturated rings. The number of carbonyl (C=O) groups is 2. The highest BCUT2D eigenvalue weighted by Gasteiger charge is 2.20. The number of hydrogen-bond donors (Lipinski definition) is 3. The van der Waals surface area contributed by atoms with Crippen molar-refractivity contribution in [1.82, 2.24) is 10.3 Å². The van der Waals surface area contributed by atoms with Gasteiger partial charge in [-0.15, -0.1) is 0 Å². The van der Waals surface area contributed by atoms with Gasteiger partial charge >= 0.3 is 6.09 Å². The van der Waals surface area contributed by atoms with Crippen LogP contribution in [0.5, 0.6) is 17.2 Å². The first-order valence-corrected chi connectivity index (χ1v) is 8.21. The van der Waals surface area contributed by atoms with Crippen LogP contribution in [0.1, 0.15) is 20.8 Å². The largest absolute Gasteiger partial charge is 0.455 e. The van der Waals surface area contributed by atoms with Crippen LogP contribution in [-0.2, 0) is 4.79 Å². The fourth-order valence-electron chi connectivity index (χ4n) is 2.33. The topological polar surface area (TPSA) is 102 Å². The van der Waals surface area contributed by atoms with Crippen molar-refractivity contribution < 1.29 is 23.5 Å². The van der Waals surface area contributed by atoms with E-state index in [-0.39, 0.29) is 24.0 Å². The maximum Gasteiger partial charge on any atom is 0.413 e. The van der Waals surface area contributed by atoms with Crippen LogP contribution in [0.3, 0.4) is 0 Å². The smallest absolute Gasteiger partial charge is 0.413 e. The van der Waals surface area contributed by atoms with Gasteiger partial charge in [-0.05, 0) is 32.9 Å². The fourth-order valence-corrected chi connectivity index (χ4v) is 2.33. The van der Waals surface area contributed by atoms with Gasteiger partial charge < -0.3 is 25.4 Å². The summed E-state index contributed by atoms with van der Waals surface area (Å²) < 4.78 is 24.9. The molecule has 2 heterocycles. The highest BCUT2D eigenvalue weighted by Crippen LogP contribution is 2.36. The average Bonchev–Trinajstić information content (AvgIpc) is 2.55. The molecule has 0 bridgehead atoms. The molecule has 1 aliphatic heterocycles. The van der Waals surface area contributed by atoms with E-state index >= 15 is 0 Å². The molecule has 9 heteroatoms. The monoisotopic (exact) mass is 374 g/mol. The SMILES string of the molecule is CC(C)(C)NC(=O)Oc1ccc(Oc2ccnc3c2NCC(=O)N3)cc1F. The van der Waals surface area contributed by atoms with Gasteiger partial charge in [-0.3, -0.25) is 4.79 Å². The lowest BCUT2D eigenvalue weighted by atomic mass is 10.1. The fraction of sp³-hybridized carbons (Fsp3) is 0.278. The van der Waals surface area contributed by atoms with E-state index in [1.807, 2.05) is 0 Å². The van der Waals surface area contributed by atoms with Crippen LogP contribution in [0.15, 0.2) is 30.5 Å². The number of anilines is 2. The summed E-state index contributed by atoms with van der Waals surface area (Å²) in [4.78, 5) is 27.2. The van der Waals surface area contributed by atoms with Crippen LogP contribution in [0, 0.1) is 5.82 Å². The quantitative estimate of drug-likeness (QED) is 0.762. The minimum atomic E-state index is -0.752. The molecule has 0 radical (unpaired) electrons. The van der Waals surface area contributed by atoms with Gasteiger partial charge in [0.15, 0.2) is 23.1 Å². The Morgan fingerprint density at radius 2 is 2.04 bits per heavy atom. The molecular weight excluding hydrogens is 355 g/mol. The number of ether oxygens (including phenoxy) is 2. The van der Waals surface area contributed by atoms with Crippen LogP contribution in [0.25, 0.3) is 0 Å². The Morgan fingerprint density at radius 3 is 2.74 bits per heavy atom.